The zero-order chi connectivity index (χ0) is 19.2. The van der Waals surface area contributed by atoms with Crippen LogP contribution in [0.3, 0.4) is 0 Å². The molecule has 1 aliphatic carbocycles. The van der Waals surface area contributed by atoms with E-state index in [0.717, 1.165) is 29.9 Å². The molecule has 4 rings (SSSR count). The van der Waals surface area contributed by atoms with Gasteiger partial charge in [0.15, 0.2) is 5.65 Å². The number of hydrogen-bond acceptors (Lipinski definition) is 3. The van der Waals surface area contributed by atoms with E-state index in [-0.39, 0.29) is 11.3 Å². The summed E-state index contributed by atoms with van der Waals surface area (Å²) >= 11 is 0. The molecule has 2 heterocycles. The van der Waals surface area contributed by atoms with Crippen molar-refractivity contribution in [2.24, 2.45) is 0 Å². The molecule has 0 bridgehead atoms. The summed E-state index contributed by atoms with van der Waals surface area (Å²) in [6.07, 6.45) is 5.39. The monoisotopic (exact) mass is 362 g/mol. The normalized spacial score (nSPS) is 16.1. The van der Waals surface area contributed by atoms with Crippen molar-refractivity contribution >= 4 is 11.6 Å². The average Bonchev–Trinajstić information content (AvgIpc) is 2.99. The minimum atomic E-state index is -0.519. The van der Waals surface area contributed by atoms with Crippen LogP contribution in [0.15, 0.2) is 42.6 Å². The fraction of sp³-hybridized carbons (Fsp3) is 0.409. The molecule has 1 fully saturated rings. The first-order valence-electron chi connectivity index (χ1n) is 9.54. The van der Waals surface area contributed by atoms with E-state index < -0.39 is 5.54 Å². The molecule has 0 spiro atoms. The molecule has 3 aromatic rings. The maximum atomic E-state index is 11.6. The molecule has 1 amide bonds. The SMILES string of the molecule is CC(=O)NC(C)(C)c1cccn2c(C3(c4ccc(C)cc4)CCC3)nnc12. The maximum absolute atomic E-state index is 11.6. The highest BCUT2D eigenvalue weighted by atomic mass is 16.1. The number of nitrogens with zero attached hydrogens (tertiary/aromatic N) is 3. The first-order valence-corrected chi connectivity index (χ1v) is 9.54. The summed E-state index contributed by atoms with van der Waals surface area (Å²) in [6, 6.07) is 12.8. The van der Waals surface area contributed by atoms with Crippen LogP contribution in [0.4, 0.5) is 0 Å². The summed E-state index contributed by atoms with van der Waals surface area (Å²) in [7, 11) is 0. The topological polar surface area (TPSA) is 59.3 Å². The van der Waals surface area contributed by atoms with Crippen LogP contribution in [0.5, 0.6) is 0 Å². The summed E-state index contributed by atoms with van der Waals surface area (Å²) in [5.41, 5.74) is 3.75. The Kier molecular flexibility index (Phi) is 4.06. The van der Waals surface area contributed by atoms with Crippen molar-refractivity contribution in [3.05, 3.63) is 65.1 Å². The number of amides is 1. The number of pyridine rings is 1. The second kappa shape index (κ2) is 6.19. The largest absolute Gasteiger partial charge is 0.347 e. The smallest absolute Gasteiger partial charge is 0.217 e. The molecule has 0 aliphatic heterocycles. The highest BCUT2D eigenvalue weighted by molar-refractivity contribution is 5.74. The summed E-state index contributed by atoms with van der Waals surface area (Å²) in [5.74, 6) is 0.935. The Labute approximate surface area is 159 Å². The van der Waals surface area contributed by atoms with Gasteiger partial charge >= 0.3 is 0 Å². The first kappa shape index (κ1) is 17.7. The molecule has 0 unspecified atom stereocenters. The first-order chi connectivity index (χ1) is 12.8. The molecule has 1 N–H and O–H groups in total. The van der Waals surface area contributed by atoms with Crippen molar-refractivity contribution in [3.63, 3.8) is 0 Å². The van der Waals surface area contributed by atoms with Gasteiger partial charge in [-0.15, -0.1) is 10.2 Å². The number of carbonyl (C=O) groups is 1. The number of hydrogen-bond donors (Lipinski definition) is 1. The molecule has 140 valence electrons. The molecule has 1 aliphatic rings. The average molecular weight is 362 g/mol. The second-order valence-electron chi connectivity index (χ2n) is 8.25. The van der Waals surface area contributed by atoms with Crippen LogP contribution in [-0.2, 0) is 15.7 Å². The third-order valence-corrected chi connectivity index (χ3v) is 5.84. The maximum Gasteiger partial charge on any atom is 0.217 e. The number of aromatic nitrogens is 3. The van der Waals surface area contributed by atoms with Gasteiger partial charge in [0.05, 0.1) is 11.0 Å². The molecule has 0 radical (unpaired) electrons. The van der Waals surface area contributed by atoms with Crippen molar-refractivity contribution in [1.82, 2.24) is 19.9 Å². The van der Waals surface area contributed by atoms with Crippen LogP contribution in [0.1, 0.15) is 62.5 Å². The molecule has 5 heteroatoms. The van der Waals surface area contributed by atoms with Crippen molar-refractivity contribution < 1.29 is 4.79 Å². The van der Waals surface area contributed by atoms with Crippen molar-refractivity contribution in [2.75, 3.05) is 0 Å². The zero-order valence-corrected chi connectivity index (χ0v) is 16.4. The van der Waals surface area contributed by atoms with Gasteiger partial charge in [-0.05, 0) is 45.2 Å². The highest BCUT2D eigenvalue weighted by Gasteiger charge is 2.44. The van der Waals surface area contributed by atoms with E-state index in [2.05, 4.69) is 51.1 Å². The summed E-state index contributed by atoms with van der Waals surface area (Å²) in [4.78, 5) is 11.6. The molecule has 1 saturated carbocycles. The number of fused-ring (bicyclic) bond motifs is 1. The number of rotatable bonds is 4. The molecule has 2 aromatic heterocycles. The fourth-order valence-electron chi connectivity index (χ4n) is 4.28. The Morgan fingerprint density at radius 2 is 1.85 bits per heavy atom. The van der Waals surface area contributed by atoms with Gasteiger partial charge < -0.3 is 5.32 Å². The standard InChI is InChI=1S/C22H26N4O/c1-15-8-10-17(11-9-15)22(12-6-13-22)20-25-24-19-18(7-5-14-26(19)20)21(3,4)23-16(2)27/h5,7-11,14H,6,12-13H2,1-4H3,(H,23,27). The summed E-state index contributed by atoms with van der Waals surface area (Å²) in [5, 5.41) is 12.2. The van der Waals surface area contributed by atoms with Gasteiger partial charge in [0.2, 0.25) is 5.91 Å². The van der Waals surface area contributed by atoms with E-state index in [1.807, 2.05) is 32.2 Å². The predicted molar refractivity (Wildman–Crippen MR) is 106 cm³/mol. The van der Waals surface area contributed by atoms with Crippen LogP contribution in [0.2, 0.25) is 0 Å². The van der Waals surface area contributed by atoms with Crippen LogP contribution in [-0.4, -0.2) is 20.5 Å². The van der Waals surface area contributed by atoms with Crippen LogP contribution in [0.25, 0.3) is 5.65 Å². The van der Waals surface area contributed by atoms with Crippen molar-refractivity contribution in [1.29, 1.82) is 0 Å². The van der Waals surface area contributed by atoms with Gasteiger partial charge in [0, 0.05) is 18.7 Å². The Hall–Kier alpha value is -2.69. The second-order valence-corrected chi connectivity index (χ2v) is 8.25. The van der Waals surface area contributed by atoms with Crippen LogP contribution < -0.4 is 5.32 Å². The molecule has 0 saturated heterocycles. The van der Waals surface area contributed by atoms with E-state index in [1.165, 1.54) is 24.5 Å². The number of benzene rings is 1. The number of aryl methyl sites for hydroxylation is 1. The van der Waals surface area contributed by atoms with E-state index >= 15 is 0 Å². The lowest BCUT2D eigenvalue weighted by molar-refractivity contribution is -0.120. The fourth-order valence-corrected chi connectivity index (χ4v) is 4.28. The molecule has 5 nitrogen and oxygen atoms in total. The molecule has 1 aromatic carbocycles. The van der Waals surface area contributed by atoms with Crippen molar-refractivity contribution in [2.45, 2.75) is 57.9 Å². The van der Waals surface area contributed by atoms with E-state index in [9.17, 15) is 4.79 Å². The Bertz CT molecular complexity index is 997. The Balaban J connectivity index is 1.85. The lowest BCUT2D eigenvalue weighted by Gasteiger charge is -2.41. The van der Waals surface area contributed by atoms with Gasteiger partial charge in [-0.1, -0.05) is 42.3 Å². The quantitative estimate of drug-likeness (QED) is 0.766. The molecule has 27 heavy (non-hydrogen) atoms. The van der Waals surface area contributed by atoms with E-state index in [0.29, 0.717) is 0 Å². The number of nitrogens with one attached hydrogen (secondary N) is 1. The number of carbonyl (C=O) groups excluding carboxylic acids is 1. The minimum absolute atomic E-state index is 0.0585. The Morgan fingerprint density at radius 3 is 2.44 bits per heavy atom. The van der Waals surface area contributed by atoms with Crippen LogP contribution in [0, 0.1) is 6.92 Å². The van der Waals surface area contributed by atoms with E-state index in [4.69, 9.17) is 0 Å². The minimum Gasteiger partial charge on any atom is -0.347 e. The summed E-state index contributed by atoms with van der Waals surface area (Å²) < 4.78 is 2.11. The van der Waals surface area contributed by atoms with Gasteiger partial charge in [0.25, 0.3) is 0 Å². The van der Waals surface area contributed by atoms with Gasteiger partial charge in [-0.2, -0.15) is 0 Å². The Morgan fingerprint density at radius 1 is 1.15 bits per heavy atom. The lowest BCUT2D eigenvalue weighted by atomic mass is 9.63. The third-order valence-electron chi connectivity index (χ3n) is 5.84. The van der Waals surface area contributed by atoms with Gasteiger partial charge in [-0.25, -0.2) is 0 Å². The molecular weight excluding hydrogens is 336 g/mol. The third kappa shape index (κ3) is 2.82. The lowest BCUT2D eigenvalue weighted by Crippen LogP contribution is -2.40. The zero-order valence-electron chi connectivity index (χ0n) is 16.4. The predicted octanol–water partition coefficient (Wildman–Crippen LogP) is 3.88. The summed E-state index contributed by atoms with van der Waals surface area (Å²) in [6.45, 7) is 7.65. The van der Waals surface area contributed by atoms with E-state index in [1.54, 1.807) is 0 Å². The molecule has 0 atom stereocenters. The van der Waals surface area contributed by atoms with Gasteiger partial charge in [-0.3, -0.25) is 9.20 Å². The van der Waals surface area contributed by atoms with Crippen LogP contribution >= 0.6 is 0 Å². The highest BCUT2D eigenvalue weighted by Crippen LogP contribution is 2.48. The van der Waals surface area contributed by atoms with Crippen molar-refractivity contribution in [3.8, 4) is 0 Å². The molecular formula is C22H26N4O. The van der Waals surface area contributed by atoms with Gasteiger partial charge in [0.1, 0.15) is 5.82 Å².